The van der Waals surface area contributed by atoms with Crippen LogP contribution in [0, 0.1) is 0 Å². The van der Waals surface area contributed by atoms with Gasteiger partial charge in [-0.05, 0) is 48.4 Å². The first kappa shape index (κ1) is 17.8. The zero-order valence-electron chi connectivity index (χ0n) is 12.9. The molecule has 0 aromatic heterocycles. The average molecular weight is 401 g/mol. The Kier molecular flexibility index (Phi) is 4.81. The van der Waals surface area contributed by atoms with Crippen LogP contribution in [-0.4, -0.2) is 32.6 Å². The van der Waals surface area contributed by atoms with Crippen molar-refractivity contribution in [2.24, 2.45) is 0 Å². The van der Waals surface area contributed by atoms with Gasteiger partial charge in [0.25, 0.3) is 10.0 Å². The molecular weight excluding hydrogens is 387 g/mol. The summed E-state index contributed by atoms with van der Waals surface area (Å²) < 4.78 is 26.8. The fraction of sp³-hybridized carbons (Fsp3) is 0.188. The van der Waals surface area contributed by atoms with E-state index >= 15 is 0 Å². The molecule has 1 aliphatic rings. The van der Waals surface area contributed by atoms with Gasteiger partial charge in [0.2, 0.25) is 0 Å². The van der Waals surface area contributed by atoms with Gasteiger partial charge in [-0.25, -0.2) is 8.42 Å². The number of nitrogens with zero attached hydrogens (tertiary/aromatic N) is 1. The van der Waals surface area contributed by atoms with E-state index in [1.165, 1.54) is 18.2 Å². The number of sulfonamides is 1. The van der Waals surface area contributed by atoms with Gasteiger partial charge in [0.05, 0.1) is 10.6 Å². The standard InChI is InChI=1S/C16H14Cl2N2O4S/c17-11-6-12(18)8-14(7-11)25(23,24)20(9-16(21)22)13-1-2-15-10(5-13)3-4-19-15/h1-2,5-8,19H,3-4,9H2,(H,21,22). The van der Waals surface area contributed by atoms with Crippen LogP contribution in [0.4, 0.5) is 11.4 Å². The highest BCUT2D eigenvalue weighted by atomic mass is 35.5. The zero-order valence-corrected chi connectivity index (χ0v) is 15.2. The molecule has 2 aromatic rings. The molecule has 0 bridgehead atoms. The fourth-order valence-electron chi connectivity index (χ4n) is 2.69. The molecule has 2 N–H and O–H groups in total. The third kappa shape index (κ3) is 3.68. The molecule has 1 heterocycles. The maximum absolute atomic E-state index is 13.0. The van der Waals surface area contributed by atoms with Gasteiger partial charge in [-0.1, -0.05) is 23.2 Å². The first-order chi connectivity index (χ1) is 11.8. The first-order valence-corrected chi connectivity index (χ1v) is 9.54. The molecular formula is C16H14Cl2N2O4S. The van der Waals surface area contributed by atoms with Gasteiger partial charge in [0, 0.05) is 22.3 Å². The van der Waals surface area contributed by atoms with Crippen molar-refractivity contribution >= 4 is 50.6 Å². The van der Waals surface area contributed by atoms with Crippen molar-refractivity contribution in [1.82, 2.24) is 0 Å². The van der Waals surface area contributed by atoms with E-state index in [1.54, 1.807) is 18.2 Å². The monoisotopic (exact) mass is 400 g/mol. The van der Waals surface area contributed by atoms with Gasteiger partial charge in [-0.2, -0.15) is 0 Å². The molecule has 2 aromatic carbocycles. The molecule has 0 spiro atoms. The number of halogens is 2. The Hall–Kier alpha value is -1.96. The van der Waals surface area contributed by atoms with Crippen LogP contribution in [0.5, 0.6) is 0 Å². The lowest BCUT2D eigenvalue weighted by Crippen LogP contribution is -2.35. The number of hydrogen-bond acceptors (Lipinski definition) is 4. The van der Waals surface area contributed by atoms with E-state index in [2.05, 4.69) is 5.32 Å². The molecule has 0 atom stereocenters. The second-order valence-corrected chi connectivity index (χ2v) is 8.26. The normalized spacial score (nSPS) is 13.2. The molecule has 9 heteroatoms. The highest BCUT2D eigenvalue weighted by Crippen LogP contribution is 2.32. The Morgan fingerprint density at radius 2 is 1.84 bits per heavy atom. The Bertz CT molecular complexity index is 927. The Morgan fingerprint density at radius 3 is 2.48 bits per heavy atom. The first-order valence-electron chi connectivity index (χ1n) is 7.35. The van der Waals surface area contributed by atoms with Gasteiger partial charge in [0.15, 0.2) is 0 Å². The van der Waals surface area contributed by atoms with Gasteiger partial charge < -0.3 is 10.4 Å². The van der Waals surface area contributed by atoms with Gasteiger partial charge in [-0.15, -0.1) is 0 Å². The molecule has 3 rings (SSSR count). The highest BCUT2D eigenvalue weighted by molar-refractivity contribution is 7.92. The molecule has 132 valence electrons. The van der Waals surface area contributed by atoms with Crippen molar-refractivity contribution in [2.75, 3.05) is 22.7 Å². The number of anilines is 2. The van der Waals surface area contributed by atoms with Crippen LogP contribution in [0.3, 0.4) is 0 Å². The number of carboxylic acid groups (broad SMARTS) is 1. The molecule has 0 unspecified atom stereocenters. The lowest BCUT2D eigenvalue weighted by atomic mass is 10.1. The summed E-state index contributed by atoms with van der Waals surface area (Å²) in [5.74, 6) is -1.27. The largest absolute Gasteiger partial charge is 0.480 e. The molecule has 0 amide bonds. The van der Waals surface area contributed by atoms with Crippen LogP contribution in [0.15, 0.2) is 41.3 Å². The summed E-state index contributed by atoms with van der Waals surface area (Å²) in [6.07, 6.45) is 0.743. The van der Waals surface area contributed by atoms with E-state index in [4.69, 9.17) is 23.2 Å². The highest BCUT2D eigenvalue weighted by Gasteiger charge is 2.28. The minimum atomic E-state index is -4.15. The molecule has 0 radical (unpaired) electrons. The van der Waals surface area contributed by atoms with Crippen LogP contribution in [0.1, 0.15) is 5.56 Å². The second kappa shape index (κ2) is 6.74. The van der Waals surface area contributed by atoms with Crippen molar-refractivity contribution in [2.45, 2.75) is 11.3 Å². The van der Waals surface area contributed by atoms with Crippen molar-refractivity contribution in [3.63, 3.8) is 0 Å². The van der Waals surface area contributed by atoms with E-state index in [-0.39, 0.29) is 20.6 Å². The summed E-state index contributed by atoms with van der Waals surface area (Å²) in [5, 5.41) is 12.7. The summed E-state index contributed by atoms with van der Waals surface area (Å²) in [6.45, 7) is 0.0487. The van der Waals surface area contributed by atoms with Gasteiger partial charge in [-0.3, -0.25) is 9.10 Å². The fourth-order valence-corrected chi connectivity index (χ4v) is 4.82. The minimum Gasteiger partial charge on any atom is -0.480 e. The van der Waals surface area contributed by atoms with E-state index in [9.17, 15) is 18.3 Å². The van der Waals surface area contributed by atoms with Crippen molar-refractivity contribution in [3.8, 4) is 0 Å². The molecule has 6 nitrogen and oxygen atoms in total. The topological polar surface area (TPSA) is 86.7 Å². The summed E-state index contributed by atoms with van der Waals surface area (Å²) in [7, 11) is -4.15. The van der Waals surface area contributed by atoms with Crippen LogP contribution in [0.2, 0.25) is 10.0 Å². The number of carbonyl (C=O) groups is 1. The Morgan fingerprint density at radius 1 is 1.16 bits per heavy atom. The van der Waals surface area contributed by atoms with Crippen LogP contribution >= 0.6 is 23.2 Å². The number of benzene rings is 2. The Labute approximate surface area is 155 Å². The number of aliphatic carboxylic acids is 1. The molecule has 0 fully saturated rings. The van der Waals surface area contributed by atoms with Crippen LogP contribution < -0.4 is 9.62 Å². The molecule has 0 saturated carbocycles. The summed E-state index contributed by atoms with van der Waals surface area (Å²) in [4.78, 5) is 11.1. The number of carboxylic acids is 1. The van der Waals surface area contributed by atoms with E-state index < -0.39 is 22.5 Å². The summed E-state index contributed by atoms with van der Waals surface area (Å²) in [5.41, 5.74) is 2.13. The predicted octanol–water partition coefficient (Wildman–Crippen LogP) is 3.24. The third-order valence-electron chi connectivity index (χ3n) is 3.79. The molecule has 1 aliphatic heterocycles. The quantitative estimate of drug-likeness (QED) is 0.804. The van der Waals surface area contributed by atoms with Crippen molar-refractivity contribution < 1.29 is 18.3 Å². The number of nitrogens with one attached hydrogen (secondary N) is 1. The van der Waals surface area contributed by atoms with Gasteiger partial charge in [0.1, 0.15) is 6.54 Å². The second-order valence-electron chi connectivity index (χ2n) is 5.53. The number of rotatable bonds is 5. The Balaban J connectivity index is 2.10. The SMILES string of the molecule is O=C(O)CN(c1ccc2c(c1)CCN2)S(=O)(=O)c1cc(Cl)cc(Cl)c1. The van der Waals surface area contributed by atoms with E-state index in [0.717, 1.165) is 28.5 Å². The maximum Gasteiger partial charge on any atom is 0.324 e. The average Bonchev–Trinajstić information content (AvgIpc) is 2.98. The smallest absolute Gasteiger partial charge is 0.324 e. The van der Waals surface area contributed by atoms with Crippen molar-refractivity contribution in [3.05, 3.63) is 52.0 Å². The summed E-state index contributed by atoms with van der Waals surface area (Å²) >= 11 is 11.8. The van der Waals surface area contributed by atoms with Crippen molar-refractivity contribution in [1.29, 1.82) is 0 Å². The molecule has 0 aliphatic carbocycles. The zero-order chi connectivity index (χ0) is 18.2. The van der Waals surface area contributed by atoms with Gasteiger partial charge >= 0.3 is 5.97 Å². The van der Waals surface area contributed by atoms with Crippen LogP contribution in [-0.2, 0) is 21.2 Å². The lowest BCUT2D eigenvalue weighted by molar-refractivity contribution is -0.135. The predicted molar refractivity (Wildman–Crippen MR) is 97.3 cm³/mol. The van der Waals surface area contributed by atoms with E-state index in [1.807, 2.05) is 0 Å². The van der Waals surface area contributed by atoms with Crippen LogP contribution in [0.25, 0.3) is 0 Å². The summed E-state index contributed by atoms with van der Waals surface area (Å²) in [6, 6.07) is 8.89. The van der Waals surface area contributed by atoms with E-state index in [0.29, 0.717) is 0 Å². The number of hydrogen-bond donors (Lipinski definition) is 2. The lowest BCUT2D eigenvalue weighted by Gasteiger charge is -2.23. The number of fused-ring (bicyclic) bond motifs is 1. The molecule has 0 saturated heterocycles. The molecule has 25 heavy (non-hydrogen) atoms. The third-order valence-corrected chi connectivity index (χ3v) is 5.98. The minimum absolute atomic E-state index is 0.152. The maximum atomic E-state index is 13.0.